The zero-order valence-corrected chi connectivity index (χ0v) is 11.2. The molecule has 1 aliphatic rings. The minimum absolute atomic E-state index is 0.0231. The Labute approximate surface area is 110 Å². The van der Waals surface area contributed by atoms with Gasteiger partial charge >= 0.3 is 6.09 Å². The van der Waals surface area contributed by atoms with Gasteiger partial charge in [-0.15, -0.1) is 0 Å². The highest BCUT2D eigenvalue weighted by Gasteiger charge is 2.29. The number of carbonyl (C=O) groups is 1. The highest BCUT2D eigenvalue weighted by atomic mass is 79.9. The first kappa shape index (κ1) is 12.4. The third kappa shape index (κ3) is 2.63. The third-order valence-corrected chi connectivity index (χ3v) is 3.83. The molecule has 1 aliphatic heterocycles. The maximum Gasteiger partial charge on any atom is 0.407 e. The topological polar surface area (TPSA) is 40.5 Å². The van der Waals surface area contributed by atoms with Gasteiger partial charge in [-0.25, -0.2) is 4.79 Å². The fourth-order valence-corrected chi connectivity index (χ4v) is 2.79. The molecule has 0 aliphatic carbocycles. The maximum absolute atomic E-state index is 11.3. The van der Waals surface area contributed by atoms with E-state index in [0.717, 1.165) is 24.6 Å². The molecule has 3 nitrogen and oxygen atoms in total. The molecule has 0 aromatic heterocycles. The summed E-state index contributed by atoms with van der Waals surface area (Å²) < 4.78 is 0. The lowest BCUT2D eigenvalue weighted by Gasteiger charge is -2.35. The van der Waals surface area contributed by atoms with Crippen LogP contribution in [0.5, 0.6) is 0 Å². The van der Waals surface area contributed by atoms with Crippen molar-refractivity contribution in [2.45, 2.75) is 25.3 Å². The molecule has 4 heteroatoms. The van der Waals surface area contributed by atoms with Crippen LogP contribution < -0.4 is 0 Å². The molecule has 0 bridgehead atoms. The second-order valence-corrected chi connectivity index (χ2v) is 5.06. The quantitative estimate of drug-likeness (QED) is 0.868. The number of carboxylic acid groups (broad SMARTS) is 1. The molecule has 0 radical (unpaired) electrons. The normalized spacial score (nSPS) is 18.9. The highest BCUT2D eigenvalue weighted by molar-refractivity contribution is 9.09. The number of nitrogens with zero attached hydrogens (tertiary/aromatic N) is 1. The van der Waals surface area contributed by atoms with E-state index in [1.165, 1.54) is 11.1 Å². The van der Waals surface area contributed by atoms with E-state index in [0.29, 0.717) is 6.54 Å². The SMILES string of the molecule is O=C(O)N1CCc2ccccc2C1CCCBr. The molecule has 0 fully saturated rings. The van der Waals surface area contributed by atoms with Crippen LogP contribution in [0.4, 0.5) is 4.79 Å². The Kier molecular flexibility index (Phi) is 4.05. The lowest BCUT2D eigenvalue weighted by Crippen LogP contribution is -2.39. The van der Waals surface area contributed by atoms with E-state index in [1.807, 2.05) is 12.1 Å². The molecule has 2 rings (SSSR count). The van der Waals surface area contributed by atoms with Crippen LogP contribution in [-0.2, 0) is 6.42 Å². The average Bonchev–Trinajstić information content (AvgIpc) is 2.35. The van der Waals surface area contributed by atoms with Crippen LogP contribution in [0, 0.1) is 0 Å². The summed E-state index contributed by atoms with van der Waals surface area (Å²) >= 11 is 3.41. The molecule has 1 amide bonds. The van der Waals surface area contributed by atoms with Crippen molar-refractivity contribution < 1.29 is 9.90 Å². The summed E-state index contributed by atoms with van der Waals surface area (Å²) in [6.07, 6.45) is 1.89. The van der Waals surface area contributed by atoms with Crippen LogP contribution in [0.3, 0.4) is 0 Å². The van der Waals surface area contributed by atoms with Crippen molar-refractivity contribution in [3.63, 3.8) is 0 Å². The summed E-state index contributed by atoms with van der Waals surface area (Å²) in [6.45, 7) is 0.610. The minimum atomic E-state index is -0.806. The van der Waals surface area contributed by atoms with Gasteiger partial charge in [0, 0.05) is 11.9 Å². The van der Waals surface area contributed by atoms with Gasteiger partial charge in [0.15, 0.2) is 0 Å². The second-order valence-electron chi connectivity index (χ2n) is 4.27. The van der Waals surface area contributed by atoms with Crippen LogP contribution in [0.25, 0.3) is 0 Å². The molecule has 1 aromatic rings. The summed E-state index contributed by atoms with van der Waals surface area (Å²) in [5.74, 6) is 0. The van der Waals surface area contributed by atoms with Crippen molar-refractivity contribution in [1.29, 1.82) is 0 Å². The van der Waals surface area contributed by atoms with Crippen molar-refractivity contribution in [2.75, 3.05) is 11.9 Å². The molecule has 17 heavy (non-hydrogen) atoms. The number of fused-ring (bicyclic) bond motifs is 1. The lowest BCUT2D eigenvalue weighted by molar-refractivity contribution is 0.117. The third-order valence-electron chi connectivity index (χ3n) is 3.27. The Morgan fingerprint density at radius 3 is 2.94 bits per heavy atom. The predicted molar refractivity (Wildman–Crippen MR) is 70.6 cm³/mol. The molecule has 1 atom stereocenters. The first-order valence-corrected chi connectivity index (χ1v) is 6.99. The van der Waals surface area contributed by atoms with Crippen LogP contribution in [0.1, 0.15) is 30.0 Å². The van der Waals surface area contributed by atoms with Crippen molar-refractivity contribution in [3.8, 4) is 0 Å². The molecule has 92 valence electrons. The Morgan fingerprint density at radius 1 is 1.47 bits per heavy atom. The largest absolute Gasteiger partial charge is 0.465 e. The molecule has 0 saturated carbocycles. The van der Waals surface area contributed by atoms with Gasteiger partial charge in [-0.05, 0) is 30.4 Å². The summed E-state index contributed by atoms with van der Waals surface area (Å²) in [7, 11) is 0. The number of rotatable bonds is 3. The summed E-state index contributed by atoms with van der Waals surface area (Å²) in [6, 6.07) is 8.20. The summed E-state index contributed by atoms with van der Waals surface area (Å²) in [5, 5.41) is 10.2. The molecule has 1 aromatic carbocycles. The van der Waals surface area contributed by atoms with Crippen LogP contribution in [0.2, 0.25) is 0 Å². The van der Waals surface area contributed by atoms with Crippen molar-refractivity contribution in [2.24, 2.45) is 0 Å². The fourth-order valence-electron chi connectivity index (χ4n) is 2.46. The molecule has 1 unspecified atom stereocenters. The Bertz CT molecular complexity index is 408. The minimum Gasteiger partial charge on any atom is -0.465 e. The molecule has 1 N–H and O–H groups in total. The number of alkyl halides is 1. The molecule has 0 saturated heterocycles. The second kappa shape index (κ2) is 5.54. The number of halogens is 1. The monoisotopic (exact) mass is 297 g/mol. The van der Waals surface area contributed by atoms with E-state index in [4.69, 9.17) is 0 Å². The van der Waals surface area contributed by atoms with Gasteiger partial charge in [-0.1, -0.05) is 40.2 Å². The van der Waals surface area contributed by atoms with E-state index in [9.17, 15) is 9.90 Å². The maximum atomic E-state index is 11.3. The Hall–Kier alpha value is -1.03. The number of benzene rings is 1. The number of hydrogen-bond donors (Lipinski definition) is 1. The van der Waals surface area contributed by atoms with E-state index in [1.54, 1.807) is 4.90 Å². The zero-order valence-electron chi connectivity index (χ0n) is 9.60. The molecular weight excluding hydrogens is 282 g/mol. The first-order valence-electron chi connectivity index (χ1n) is 5.87. The highest BCUT2D eigenvalue weighted by Crippen LogP contribution is 2.33. The van der Waals surface area contributed by atoms with E-state index in [2.05, 4.69) is 28.1 Å². The standard InChI is InChI=1S/C13H16BrNO2/c14-8-3-6-12-11-5-2-1-4-10(11)7-9-15(12)13(16)17/h1-2,4-5,12H,3,6-9H2,(H,16,17). The first-order chi connectivity index (χ1) is 8.24. The summed E-state index contributed by atoms with van der Waals surface area (Å²) in [4.78, 5) is 12.8. The van der Waals surface area contributed by atoms with Gasteiger partial charge < -0.3 is 10.0 Å². The van der Waals surface area contributed by atoms with Crippen molar-refractivity contribution in [1.82, 2.24) is 4.90 Å². The van der Waals surface area contributed by atoms with Gasteiger partial charge in [0.25, 0.3) is 0 Å². The van der Waals surface area contributed by atoms with Gasteiger partial charge in [0.05, 0.1) is 6.04 Å². The zero-order chi connectivity index (χ0) is 12.3. The van der Waals surface area contributed by atoms with Gasteiger partial charge in [-0.2, -0.15) is 0 Å². The number of hydrogen-bond acceptors (Lipinski definition) is 1. The average molecular weight is 298 g/mol. The lowest BCUT2D eigenvalue weighted by atomic mass is 9.90. The van der Waals surface area contributed by atoms with E-state index >= 15 is 0 Å². The van der Waals surface area contributed by atoms with Crippen LogP contribution in [0.15, 0.2) is 24.3 Å². The molecular formula is C13H16BrNO2. The van der Waals surface area contributed by atoms with Crippen molar-refractivity contribution >= 4 is 22.0 Å². The smallest absolute Gasteiger partial charge is 0.407 e. The van der Waals surface area contributed by atoms with Gasteiger partial charge in [-0.3, -0.25) is 0 Å². The van der Waals surface area contributed by atoms with E-state index in [-0.39, 0.29) is 6.04 Å². The van der Waals surface area contributed by atoms with Crippen LogP contribution in [-0.4, -0.2) is 28.0 Å². The predicted octanol–water partition coefficient (Wildman–Crippen LogP) is 3.44. The number of amides is 1. The van der Waals surface area contributed by atoms with E-state index < -0.39 is 6.09 Å². The molecule has 1 heterocycles. The van der Waals surface area contributed by atoms with Gasteiger partial charge in [0.2, 0.25) is 0 Å². The fraction of sp³-hybridized carbons (Fsp3) is 0.462. The van der Waals surface area contributed by atoms with Crippen molar-refractivity contribution in [3.05, 3.63) is 35.4 Å². The van der Waals surface area contributed by atoms with Gasteiger partial charge in [0.1, 0.15) is 0 Å². The summed E-state index contributed by atoms with van der Waals surface area (Å²) in [5.41, 5.74) is 2.48. The Balaban J connectivity index is 2.28. The Morgan fingerprint density at radius 2 is 2.24 bits per heavy atom. The van der Waals surface area contributed by atoms with Crippen LogP contribution >= 0.6 is 15.9 Å². The molecule has 0 spiro atoms.